The summed E-state index contributed by atoms with van der Waals surface area (Å²) in [5.74, 6) is -0.285. The Bertz CT molecular complexity index is 923. The van der Waals surface area contributed by atoms with Crippen LogP contribution < -0.4 is 0 Å². The summed E-state index contributed by atoms with van der Waals surface area (Å²) in [4.78, 5) is 32.5. The van der Waals surface area contributed by atoms with Gasteiger partial charge in [-0.15, -0.1) is 34.0 Å². The summed E-state index contributed by atoms with van der Waals surface area (Å²) >= 11 is 7.18. The molecule has 0 saturated carbocycles. The molecule has 3 aromatic heterocycles. The highest BCUT2D eigenvalue weighted by molar-refractivity contribution is 14.1. The van der Waals surface area contributed by atoms with E-state index in [1.165, 1.54) is 12.7 Å². The Kier molecular flexibility index (Phi) is 4.59. The van der Waals surface area contributed by atoms with Gasteiger partial charge in [0.05, 0.1) is 23.8 Å². The van der Waals surface area contributed by atoms with E-state index >= 15 is 0 Å². The molecule has 0 aliphatic carbocycles. The summed E-state index contributed by atoms with van der Waals surface area (Å²) in [5.41, 5.74) is 1.20. The Labute approximate surface area is 171 Å². The molecule has 4 heterocycles. The van der Waals surface area contributed by atoms with Crippen LogP contribution in [0.15, 0.2) is 24.3 Å². The van der Waals surface area contributed by atoms with Crippen molar-refractivity contribution < 1.29 is 9.59 Å². The molecule has 0 N–H and O–H groups in total. The lowest BCUT2D eigenvalue weighted by Gasteiger charge is -2.13. The van der Waals surface area contributed by atoms with E-state index in [-0.39, 0.29) is 11.8 Å². The van der Waals surface area contributed by atoms with Gasteiger partial charge in [0, 0.05) is 21.2 Å². The molecule has 4 rings (SSSR count). The largest absolute Gasteiger partial charge is 0.274 e. The van der Waals surface area contributed by atoms with Gasteiger partial charge >= 0.3 is 0 Å². The molecule has 2 amide bonds. The lowest BCUT2D eigenvalue weighted by Crippen LogP contribution is -2.30. The lowest BCUT2D eigenvalue weighted by atomic mass is 10.1. The second-order valence-electron chi connectivity index (χ2n) is 5.79. The van der Waals surface area contributed by atoms with E-state index in [4.69, 9.17) is 0 Å². The monoisotopic (exact) mass is 499 g/mol. The zero-order valence-electron chi connectivity index (χ0n) is 13.6. The molecule has 25 heavy (non-hydrogen) atoms. The molecule has 0 fully saturated rings. The van der Waals surface area contributed by atoms with Gasteiger partial charge in [-0.05, 0) is 60.2 Å². The molecule has 7 heteroatoms. The van der Waals surface area contributed by atoms with Crippen molar-refractivity contribution in [3.63, 3.8) is 0 Å². The van der Waals surface area contributed by atoms with E-state index in [9.17, 15) is 9.59 Å². The number of aryl methyl sites for hydroxylation is 1. The SMILES string of the molecule is CCCN1C(=O)c2c(-c3ccc(C)s3)sc(-c3ccc(I)s3)c2C1=O. The number of thiophene rings is 3. The molecular formula is C18H14INO2S3. The maximum atomic E-state index is 13.0. The third kappa shape index (κ3) is 2.81. The van der Waals surface area contributed by atoms with E-state index in [1.807, 2.05) is 25.1 Å². The van der Waals surface area contributed by atoms with Crippen LogP contribution >= 0.6 is 56.6 Å². The molecule has 3 aromatic rings. The standard InChI is InChI=1S/C18H14INO2S3/c1-3-8-20-17(21)13-14(18(20)22)16(11-6-7-12(19)24-11)25-15(13)10-5-4-9(2)23-10/h4-7H,3,8H2,1-2H3. The quantitative estimate of drug-likeness (QED) is 0.320. The molecule has 0 spiro atoms. The summed E-state index contributed by atoms with van der Waals surface area (Å²) in [6.45, 7) is 4.51. The van der Waals surface area contributed by atoms with Crippen LogP contribution in [0.1, 0.15) is 38.9 Å². The van der Waals surface area contributed by atoms with Crippen LogP contribution in [0.3, 0.4) is 0 Å². The predicted octanol–water partition coefficient (Wildman–Crippen LogP) is 6.12. The second-order valence-corrected chi connectivity index (χ2v) is 11.1. The number of fused-ring (bicyclic) bond motifs is 1. The predicted molar refractivity (Wildman–Crippen MR) is 114 cm³/mol. The zero-order chi connectivity index (χ0) is 17.7. The summed E-state index contributed by atoms with van der Waals surface area (Å²) in [5, 5.41) is 0. The summed E-state index contributed by atoms with van der Waals surface area (Å²) in [7, 11) is 0. The number of hydrogen-bond donors (Lipinski definition) is 0. The van der Waals surface area contributed by atoms with Crippen molar-refractivity contribution in [1.29, 1.82) is 0 Å². The molecule has 0 aromatic carbocycles. The van der Waals surface area contributed by atoms with Gasteiger partial charge in [0.1, 0.15) is 0 Å². The number of hydrogen-bond acceptors (Lipinski definition) is 5. The number of carbonyl (C=O) groups is 2. The molecule has 3 nitrogen and oxygen atoms in total. The Hall–Kier alpha value is -1.03. The van der Waals surface area contributed by atoms with Crippen LogP contribution in [-0.4, -0.2) is 23.3 Å². The topological polar surface area (TPSA) is 37.4 Å². The number of rotatable bonds is 4. The minimum atomic E-state index is -0.143. The average Bonchev–Trinajstić information content (AvgIpc) is 3.31. The fraction of sp³-hybridized carbons (Fsp3) is 0.222. The van der Waals surface area contributed by atoms with Crippen LogP contribution in [0.5, 0.6) is 0 Å². The van der Waals surface area contributed by atoms with Crippen LogP contribution in [0.25, 0.3) is 19.5 Å². The number of amides is 2. The minimum absolute atomic E-state index is 0.142. The van der Waals surface area contributed by atoms with E-state index in [1.54, 1.807) is 34.0 Å². The first-order valence-corrected chi connectivity index (χ1v) is 11.4. The average molecular weight is 499 g/mol. The van der Waals surface area contributed by atoms with E-state index in [0.717, 1.165) is 25.9 Å². The number of imide groups is 1. The highest BCUT2D eigenvalue weighted by atomic mass is 127. The van der Waals surface area contributed by atoms with Crippen LogP contribution in [0, 0.1) is 9.81 Å². The third-order valence-corrected chi connectivity index (χ3v) is 8.48. The third-order valence-electron chi connectivity index (χ3n) is 4.03. The highest BCUT2D eigenvalue weighted by Crippen LogP contribution is 2.49. The number of carbonyl (C=O) groups excluding carboxylic acids is 2. The highest BCUT2D eigenvalue weighted by Gasteiger charge is 2.42. The van der Waals surface area contributed by atoms with Crippen LogP contribution in [-0.2, 0) is 0 Å². The molecule has 0 atom stereocenters. The van der Waals surface area contributed by atoms with Gasteiger partial charge in [0.25, 0.3) is 11.8 Å². The minimum Gasteiger partial charge on any atom is -0.274 e. The number of nitrogens with zero attached hydrogens (tertiary/aromatic N) is 1. The summed E-state index contributed by atoms with van der Waals surface area (Å²) < 4.78 is 1.17. The Balaban J connectivity index is 1.95. The lowest BCUT2D eigenvalue weighted by molar-refractivity contribution is 0.0655. The van der Waals surface area contributed by atoms with Crippen molar-refractivity contribution in [2.45, 2.75) is 20.3 Å². The van der Waals surface area contributed by atoms with Crippen molar-refractivity contribution in [1.82, 2.24) is 4.90 Å². The Morgan fingerprint density at radius 3 is 2.00 bits per heavy atom. The Morgan fingerprint density at radius 1 is 0.920 bits per heavy atom. The normalized spacial score (nSPS) is 13.8. The van der Waals surface area contributed by atoms with Crippen molar-refractivity contribution >= 4 is 68.4 Å². The second kappa shape index (κ2) is 6.61. The zero-order valence-corrected chi connectivity index (χ0v) is 18.2. The first kappa shape index (κ1) is 17.4. The van der Waals surface area contributed by atoms with Gasteiger partial charge < -0.3 is 0 Å². The van der Waals surface area contributed by atoms with E-state index < -0.39 is 0 Å². The van der Waals surface area contributed by atoms with Gasteiger partial charge in [-0.1, -0.05) is 6.92 Å². The molecule has 0 radical (unpaired) electrons. The molecule has 0 bridgehead atoms. The van der Waals surface area contributed by atoms with Gasteiger partial charge in [-0.2, -0.15) is 0 Å². The van der Waals surface area contributed by atoms with Crippen molar-refractivity contribution in [3.05, 3.63) is 43.2 Å². The molecule has 1 aliphatic heterocycles. The van der Waals surface area contributed by atoms with E-state index in [2.05, 4.69) is 35.6 Å². The molecule has 0 saturated heterocycles. The smallest absolute Gasteiger partial charge is 0.263 e. The van der Waals surface area contributed by atoms with Gasteiger partial charge in [-0.25, -0.2) is 0 Å². The van der Waals surface area contributed by atoms with Crippen molar-refractivity contribution in [2.24, 2.45) is 0 Å². The fourth-order valence-corrected chi connectivity index (χ4v) is 6.97. The maximum Gasteiger partial charge on any atom is 0.263 e. The van der Waals surface area contributed by atoms with Gasteiger partial charge in [-0.3, -0.25) is 14.5 Å². The number of halogens is 1. The van der Waals surface area contributed by atoms with Crippen LogP contribution in [0.2, 0.25) is 0 Å². The molecule has 0 unspecified atom stereocenters. The van der Waals surface area contributed by atoms with Crippen LogP contribution in [0.4, 0.5) is 0 Å². The van der Waals surface area contributed by atoms with Crippen molar-refractivity contribution in [2.75, 3.05) is 6.54 Å². The molecule has 1 aliphatic rings. The summed E-state index contributed by atoms with van der Waals surface area (Å²) in [6, 6.07) is 8.20. The first-order valence-electron chi connectivity index (χ1n) is 7.86. The van der Waals surface area contributed by atoms with Gasteiger partial charge in [0.2, 0.25) is 0 Å². The maximum absolute atomic E-state index is 13.0. The molecule has 128 valence electrons. The fourth-order valence-electron chi connectivity index (χ4n) is 2.97. The first-order chi connectivity index (χ1) is 12.0. The summed E-state index contributed by atoms with van der Waals surface area (Å²) in [6.07, 6.45) is 0.769. The Morgan fingerprint density at radius 2 is 1.52 bits per heavy atom. The van der Waals surface area contributed by atoms with E-state index in [0.29, 0.717) is 17.7 Å². The van der Waals surface area contributed by atoms with Gasteiger partial charge in [0.15, 0.2) is 0 Å². The molecular weight excluding hydrogens is 485 g/mol. The van der Waals surface area contributed by atoms with Crippen molar-refractivity contribution in [3.8, 4) is 19.5 Å².